The molecule has 0 aliphatic rings. The molecule has 1 N–H and O–H groups in total. The van der Waals surface area contributed by atoms with Gasteiger partial charge in [0, 0.05) is 12.1 Å². The summed E-state index contributed by atoms with van der Waals surface area (Å²) in [7, 11) is 0. The van der Waals surface area contributed by atoms with E-state index in [0.29, 0.717) is 5.92 Å². The summed E-state index contributed by atoms with van der Waals surface area (Å²) < 4.78 is 5.37. The van der Waals surface area contributed by atoms with Crippen molar-refractivity contribution in [2.24, 2.45) is 0 Å². The number of hydrogen-bond donors (Lipinski definition) is 1. The molecule has 2 aromatic heterocycles. The van der Waals surface area contributed by atoms with Crippen LogP contribution in [-0.4, -0.2) is 16.5 Å². The van der Waals surface area contributed by atoms with Crippen molar-refractivity contribution in [2.45, 2.75) is 43.9 Å². The van der Waals surface area contributed by atoms with Crippen molar-refractivity contribution in [1.29, 1.82) is 0 Å². The Morgan fingerprint density at radius 2 is 2.20 bits per heavy atom. The van der Waals surface area contributed by atoms with E-state index in [4.69, 9.17) is 4.42 Å². The number of rotatable bonds is 7. The first-order chi connectivity index (χ1) is 9.72. The lowest BCUT2D eigenvalue weighted by Crippen LogP contribution is -2.08. The van der Waals surface area contributed by atoms with E-state index < -0.39 is 0 Å². The molecule has 0 bridgehead atoms. The number of nitrogens with zero attached hydrogens (tertiary/aromatic N) is 2. The van der Waals surface area contributed by atoms with Crippen LogP contribution < -0.4 is 5.32 Å². The second-order valence-electron chi connectivity index (χ2n) is 4.89. The van der Waals surface area contributed by atoms with Gasteiger partial charge in [0.15, 0.2) is 0 Å². The zero-order chi connectivity index (χ0) is 14.4. The molecule has 0 fully saturated rings. The van der Waals surface area contributed by atoms with E-state index in [1.165, 1.54) is 5.56 Å². The Morgan fingerprint density at radius 1 is 1.35 bits per heavy atom. The number of aromatic nitrogens is 2. The van der Waals surface area contributed by atoms with Gasteiger partial charge < -0.3 is 9.73 Å². The molecular formula is C15H21N3OS. The fourth-order valence-corrected chi connectivity index (χ4v) is 2.99. The summed E-state index contributed by atoms with van der Waals surface area (Å²) in [6.45, 7) is 7.42. The summed E-state index contributed by atoms with van der Waals surface area (Å²) >= 11 is 1.70. The van der Waals surface area contributed by atoms with E-state index in [1.807, 2.05) is 12.1 Å². The van der Waals surface area contributed by atoms with Crippen molar-refractivity contribution < 1.29 is 4.42 Å². The lowest BCUT2D eigenvalue weighted by molar-refractivity contribution is 0.530. The highest BCUT2D eigenvalue weighted by atomic mass is 32.2. The second kappa shape index (κ2) is 7.33. The Labute approximate surface area is 124 Å². The minimum Gasteiger partial charge on any atom is -0.468 e. The van der Waals surface area contributed by atoms with Crippen LogP contribution in [0.3, 0.4) is 0 Å². The number of nitrogens with one attached hydrogen (secondary N) is 1. The fourth-order valence-electron chi connectivity index (χ4n) is 1.93. The van der Waals surface area contributed by atoms with Crippen LogP contribution in [0.4, 0.5) is 5.82 Å². The Balaban J connectivity index is 2.17. The molecule has 108 valence electrons. The Hall–Kier alpha value is -1.49. The number of thioether (sulfide) groups is 1. The van der Waals surface area contributed by atoms with E-state index in [2.05, 4.69) is 36.1 Å². The monoisotopic (exact) mass is 291 g/mol. The lowest BCUT2D eigenvalue weighted by atomic mass is 10.1. The van der Waals surface area contributed by atoms with Gasteiger partial charge in [-0.1, -0.05) is 32.5 Å². The van der Waals surface area contributed by atoms with Gasteiger partial charge in [-0.2, -0.15) is 0 Å². The van der Waals surface area contributed by atoms with Crippen LogP contribution in [0, 0.1) is 0 Å². The maximum Gasteiger partial charge on any atom is 0.133 e. The molecule has 2 rings (SSSR count). The molecule has 0 aromatic carbocycles. The molecule has 0 saturated carbocycles. The average molecular weight is 291 g/mol. The molecule has 0 spiro atoms. The predicted octanol–water partition coefficient (Wildman–Crippen LogP) is 4.31. The van der Waals surface area contributed by atoms with Gasteiger partial charge in [-0.25, -0.2) is 9.97 Å². The van der Waals surface area contributed by atoms with Crippen molar-refractivity contribution in [2.75, 3.05) is 11.9 Å². The summed E-state index contributed by atoms with van der Waals surface area (Å²) in [4.78, 5) is 8.82. The van der Waals surface area contributed by atoms with E-state index in [0.717, 1.165) is 35.3 Å². The average Bonchev–Trinajstić information content (AvgIpc) is 2.95. The molecule has 0 atom stereocenters. The molecule has 0 aliphatic heterocycles. The lowest BCUT2D eigenvalue weighted by Gasteiger charge is -2.16. The van der Waals surface area contributed by atoms with Crippen LogP contribution in [0.2, 0.25) is 0 Å². The molecule has 0 saturated heterocycles. The van der Waals surface area contributed by atoms with Crippen molar-refractivity contribution in [3.63, 3.8) is 0 Å². The van der Waals surface area contributed by atoms with Crippen molar-refractivity contribution in [3.05, 3.63) is 36.0 Å². The first-order valence-electron chi connectivity index (χ1n) is 6.96. The zero-order valence-corrected chi connectivity index (χ0v) is 13.0. The van der Waals surface area contributed by atoms with Crippen LogP contribution in [0.1, 0.15) is 44.4 Å². The van der Waals surface area contributed by atoms with Crippen LogP contribution in [-0.2, 0) is 5.75 Å². The van der Waals surface area contributed by atoms with Gasteiger partial charge in [-0.15, -0.1) is 0 Å². The van der Waals surface area contributed by atoms with E-state index in [9.17, 15) is 0 Å². The fraction of sp³-hybridized carbons (Fsp3) is 0.467. The quantitative estimate of drug-likeness (QED) is 0.608. The van der Waals surface area contributed by atoms with Crippen LogP contribution in [0.25, 0.3) is 0 Å². The Kier molecular flexibility index (Phi) is 5.47. The highest BCUT2D eigenvalue weighted by Gasteiger charge is 2.15. The first kappa shape index (κ1) is 14.9. The molecule has 4 nitrogen and oxygen atoms in total. The second-order valence-corrected chi connectivity index (χ2v) is 5.85. The number of hydrogen-bond acceptors (Lipinski definition) is 5. The number of anilines is 1. The third-order valence-electron chi connectivity index (χ3n) is 2.90. The Bertz CT molecular complexity index is 526. The maximum absolute atomic E-state index is 5.37. The normalized spacial score (nSPS) is 11.0. The van der Waals surface area contributed by atoms with Crippen LogP contribution in [0.15, 0.2) is 34.2 Å². The van der Waals surface area contributed by atoms with Crippen LogP contribution in [0.5, 0.6) is 0 Å². The van der Waals surface area contributed by atoms with Gasteiger partial charge in [0.2, 0.25) is 0 Å². The smallest absolute Gasteiger partial charge is 0.133 e. The van der Waals surface area contributed by atoms with Crippen LogP contribution >= 0.6 is 11.8 Å². The molecule has 0 aliphatic carbocycles. The van der Waals surface area contributed by atoms with Crippen molar-refractivity contribution in [3.8, 4) is 0 Å². The first-order valence-corrected chi connectivity index (χ1v) is 7.94. The molecule has 5 heteroatoms. The van der Waals surface area contributed by atoms with Crippen molar-refractivity contribution in [1.82, 2.24) is 9.97 Å². The highest BCUT2D eigenvalue weighted by molar-refractivity contribution is 7.98. The van der Waals surface area contributed by atoms with Gasteiger partial charge in [-0.3, -0.25) is 0 Å². The molecule has 20 heavy (non-hydrogen) atoms. The van der Waals surface area contributed by atoms with Gasteiger partial charge in [0.25, 0.3) is 0 Å². The third kappa shape index (κ3) is 3.76. The SMILES string of the molecule is CCCNc1ncnc(SCc2ccco2)c1C(C)C. The van der Waals surface area contributed by atoms with E-state index >= 15 is 0 Å². The standard InChI is InChI=1S/C15H21N3OS/c1-4-7-16-14-13(11(2)3)15(18-10-17-14)20-9-12-6-5-8-19-12/h5-6,8,10-11H,4,7,9H2,1-3H3,(H,16,17,18). The summed E-state index contributed by atoms with van der Waals surface area (Å²) in [5.41, 5.74) is 1.19. The molecule has 0 amide bonds. The topological polar surface area (TPSA) is 51.0 Å². The molecule has 0 radical (unpaired) electrons. The van der Waals surface area contributed by atoms with Gasteiger partial charge in [0.1, 0.15) is 22.9 Å². The molecule has 0 unspecified atom stereocenters. The maximum atomic E-state index is 5.37. The third-order valence-corrected chi connectivity index (χ3v) is 3.93. The van der Waals surface area contributed by atoms with Gasteiger partial charge in [-0.05, 0) is 24.5 Å². The van der Waals surface area contributed by atoms with Gasteiger partial charge in [0.05, 0.1) is 12.0 Å². The molecule has 2 aromatic rings. The summed E-state index contributed by atoms with van der Waals surface area (Å²) in [5.74, 6) is 3.09. The summed E-state index contributed by atoms with van der Waals surface area (Å²) in [6.07, 6.45) is 4.41. The summed E-state index contributed by atoms with van der Waals surface area (Å²) in [5, 5.41) is 4.42. The minimum atomic E-state index is 0.384. The predicted molar refractivity (Wildman–Crippen MR) is 83.2 cm³/mol. The summed E-state index contributed by atoms with van der Waals surface area (Å²) in [6, 6.07) is 3.90. The van der Waals surface area contributed by atoms with E-state index in [1.54, 1.807) is 24.4 Å². The Morgan fingerprint density at radius 3 is 2.85 bits per heavy atom. The highest BCUT2D eigenvalue weighted by Crippen LogP contribution is 2.32. The molecular weight excluding hydrogens is 270 g/mol. The van der Waals surface area contributed by atoms with Gasteiger partial charge >= 0.3 is 0 Å². The zero-order valence-electron chi connectivity index (χ0n) is 12.2. The van der Waals surface area contributed by atoms with Crippen molar-refractivity contribution >= 4 is 17.6 Å². The minimum absolute atomic E-state index is 0.384. The number of furan rings is 1. The largest absolute Gasteiger partial charge is 0.468 e. The molecule has 2 heterocycles. The van der Waals surface area contributed by atoms with E-state index in [-0.39, 0.29) is 0 Å².